The van der Waals surface area contributed by atoms with Crippen molar-refractivity contribution >= 4 is 11.9 Å². The van der Waals surface area contributed by atoms with Gasteiger partial charge in [-0.2, -0.15) is 0 Å². The predicted octanol–water partition coefficient (Wildman–Crippen LogP) is -1.92. The van der Waals surface area contributed by atoms with Gasteiger partial charge in [-0.05, 0) is 38.6 Å². The molecule has 8 nitrogen and oxygen atoms in total. The Morgan fingerprint density at radius 2 is 1.55 bits per heavy atom. The molecule has 2 atom stereocenters. The van der Waals surface area contributed by atoms with Crippen LogP contribution in [-0.2, 0) is 9.59 Å². The number of carboxylic acids is 2. The Kier molecular flexibility index (Phi) is 12.9. The Labute approximate surface area is 132 Å². The van der Waals surface area contributed by atoms with Crippen molar-refractivity contribution < 1.29 is 24.3 Å². The lowest BCUT2D eigenvalue weighted by atomic mass is 10.1. The van der Waals surface area contributed by atoms with Crippen LogP contribution in [0.3, 0.4) is 0 Å². The van der Waals surface area contributed by atoms with Crippen molar-refractivity contribution in [2.45, 2.75) is 44.2 Å². The molecule has 0 fully saturated rings. The monoisotopic (exact) mass is 320 g/mol. The molecule has 7 N–H and O–H groups in total. The summed E-state index contributed by atoms with van der Waals surface area (Å²) in [5.74, 6) is -2.10. The molecule has 8 heteroatoms. The average molecular weight is 320 g/mol. The summed E-state index contributed by atoms with van der Waals surface area (Å²) in [6.45, 7) is 1.54. The summed E-state index contributed by atoms with van der Waals surface area (Å²) >= 11 is 0. The first-order valence-electron chi connectivity index (χ1n) is 7.46. The second-order valence-corrected chi connectivity index (χ2v) is 6.31. The average Bonchev–Trinajstić information content (AvgIpc) is 2.40. The number of rotatable bonds is 10. The van der Waals surface area contributed by atoms with Crippen molar-refractivity contribution in [3.8, 4) is 0 Å². The number of nitrogens with two attached hydrogens (primary N) is 3. The zero-order chi connectivity index (χ0) is 17.8. The van der Waals surface area contributed by atoms with Gasteiger partial charge >= 0.3 is 5.97 Å². The third-order valence-electron chi connectivity index (χ3n) is 2.93. The van der Waals surface area contributed by atoms with E-state index in [0.717, 1.165) is 23.9 Å². The molecule has 0 amide bonds. The molecule has 0 unspecified atom stereocenters. The zero-order valence-corrected chi connectivity index (χ0v) is 14.0. The van der Waals surface area contributed by atoms with Gasteiger partial charge in [-0.15, -0.1) is 0 Å². The number of unbranched alkanes of at least 4 members (excludes halogenated alkanes) is 1. The Morgan fingerprint density at radius 1 is 1.05 bits per heavy atom. The minimum Gasteiger partial charge on any atom is -0.548 e. The van der Waals surface area contributed by atoms with E-state index in [2.05, 4.69) is 21.1 Å². The zero-order valence-electron chi connectivity index (χ0n) is 14.0. The molecule has 0 saturated carbocycles. The van der Waals surface area contributed by atoms with Crippen molar-refractivity contribution in [3.05, 3.63) is 0 Å². The van der Waals surface area contributed by atoms with Crippen molar-refractivity contribution in [2.24, 2.45) is 17.2 Å². The molecule has 0 radical (unpaired) electrons. The Balaban J connectivity index is 0. The molecule has 132 valence electrons. The van der Waals surface area contributed by atoms with Crippen LogP contribution >= 0.6 is 0 Å². The summed E-state index contributed by atoms with van der Waals surface area (Å²) in [6.07, 6.45) is 3.54. The van der Waals surface area contributed by atoms with Gasteiger partial charge in [0.1, 0.15) is 6.04 Å². The number of carbonyl (C=O) groups excluding carboxylic acids is 1. The number of quaternary nitrogens is 1. The highest BCUT2D eigenvalue weighted by molar-refractivity contribution is 5.72. The van der Waals surface area contributed by atoms with Crippen LogP contribution in [0.2, 0.25) is 0 Å². The Morgan fingerprint density at radius 3 is 1.91 bits per heavy atom. The smallest absolute Gasteiger partial charge is 0.320 e. The van der Waals surface area contributed by atoms with Crippen LogP contribution in [0, 0.1) is 0 Å². The van der Waals surface area contributed by atoms with Crippen molar-refractivity contribution in [3.63, 3.8) is 0 Å². The van der Waals surface area contributed by atoms with Gasteiger partial charge in [0, 0.05) is 6.04 Å². The van der Waals surface area contributed by atoms with Gasteiger partial charge in [-0.3, -0.25) is 4.79 Å². The number of carboxylic acid groups (broad SMARTS) is 2. The Hall–Kier alpha value is -1.22. The quantitative estimate of drug-likeness (QED) is 0.270. The fourth-order valence-corrected chi connectivity index (χ4v) is 1.53. The summed E-state index contributed by atoms with van der Waals surface area (Å²) in [6, 6.07) is -1.54. The van der Waals surface area contributed by atoms with Crippen molar-refractivity contribution in [2.75, 3.05) is 34.2 Å². The van der Waals surface area contributed by atoms with E-state index in [1.165, 1.54) is 0 Å². The normalized spacial score (nSPS) is 13.7. The van der Waals surface area contributed by atoms with Crippen LogP contribution in [0.25, 0.3) is 0 Å². The fourth-order valence-electron chi connectivity index (χ4n) is 1.53. The maximum Gasteiger partial charge on any atom is 0.320 e. The van der Waals surface area contributed by atoms with Crippen LogP contribution in [0.4, 0.5) is 0 Å². The summed E-state index contributed by atoms with van der Waals surface area (Å²) < 4.78 is 0.919. The van der Waals surface area contributed by atoms with Crippen LogP contribution in [0.15, 0.2) is 0 Å². The molecule has 0 aliphatic rings. The van der Waals surface area contributed by atoms with Crippen LogP contribution in [-0.4, -0.2) is 67.8 Å². The third-order valence-corrected chi connectivity index (χ3v) is 2.93. The first kappa shape index (κ1) is 23.1. The minimum atomic E-state index is -1.21. The van der Waals surface area contributed by atoms with E-state index in [1.807, 2.05) is 0 Å². The van der Waals surface area contributed by atoms with Gasteiger partial charge in [0.2, 0.25) is 0 Å². The highest BCUT2D eigenvalue weighted by Crippen LogP contribution is 2.02. The van der Waals surface area contributed by atoms with E-state index in [9.17, 15) is 14.7 Å². The first-order valence-corrected chi connectivity index (χ1v) is 7.46. The van der Waals surface area contributed by atoms with Crippen molar-refractivity contribution in [1.82, 2.24) is 0 Å². The molecule has 0 aliphatic heterocycles. The lowest BCUT2D eigenvalue weighted by Crippen LogP contribution is -2.41. The number of nitrogens with zero attached hydrogens (tertiary/aromatic N) is 1. The molecular weight excluding hydrogens is 288 g/mol. The number of hydrogen-bond donors (Lipinski definition) is 4. The Bertz CT molecular complexity index is 318. The molecule has 0 spiro atoms. The van der Waals surface area contributed by atoms with Gasteiger partial charge in [0.25, 0.3) is 0 Å². The van der Waals surface area contributed by atoms with E-state index in [-0.39, 0.29) is 0 Å². The maximum absolute atomic E-state index is 10.4. The second-order valence-electron chi connectivity index (χ2n) is 6.31. The van der Waals surface area contributed by atoms with E-state index in [1.54, 1.807) is 0 Å². The van der Waals surface area contributed by atoms with Gasteiger partial charge in [-0.25, -0.2) is 0 Å². The summed E-state index contributed by atoms with van der Waals surface area (Å²) in [4.78, 5) is 20.3. The lowest BCUT2D eigenvalue weighted by molar-refractivity contribution is -0.870. The molecule has 0 aliphatic carbocycles. The predicted molar refractivity (Wildman–Crippen MR) is 83.6 cm³/mol. The van der Waals surface area contributed by atoms with Gasteiger partial charge in [-0.1, -0.05) is 0 Å². The maximum atomic E-state index is 10.4. The molecule has 0 saturated heterocycles. The molecule has 0 bridgehead atoms. The molecule has 22 heavy (non-hydrogen) atoms. The molecule has 0 aromatic carbocycles. The lowest BCUT2D eigenvalue weighted by Gasteiger charge is -2.23. The van der Waals surface area contributed by atoms with E-state index >= 15 is 0 Å². The van der Waals surface area contributed by atoms with E-state index < -0.39 is 24.0 Å². The number of hydrogen-bond acceptors (Lipinski definition) is 6. The summed E-state index contributed by atoms with van der Waals surface area (Å²) in [5, 5.41) is 18.4. The second kappa shape index (κ2) is 12.3. The minimum absolute atomic E-state index is 0.402. The molecule has 0 aromatic heterocycles. The van der Waals surface area contributed by atoms with E-state index in [0.29, 0.717) is 25.8 Å². The van der Waals surface area contributed by atoms with Gasteiger partial charge in [0.05, 0.1) is 33.7 Å². The SMILES string of the molecule is C[N+](C)(C)CCCC[C@H](N)C(=O)O.NCCC[C@H](N)C(=O)[O-]. The topological polar surface area (TPSA) is 155 Å². The first-order chi connectivity index (χ1) is 10.0. The number of aliphatic carboxylic acids is 2. The largest absolute Gasteiger partial charge is 0.548 e. The third kappa shape index (κ3) is 16.8. The molecule has 0 rings (SSSR count). The summed E-state index contributed by atoms with van der Waals surface area (Å²) in [7, 11) is 6.37. The molecule has 0 heterocycles. The fraction of sp³-hybridized carbons (Fsp3) is 0.857. The highest BCUT2D eigenvalue weighted by atomic mass is 16.4. The highest BCUT2D eigenvalue weighted by Gasteiger charge is 2.12. The summed E-state index contributed by atoms with van der Waals surface area (Å²) in [5.41, 5.74) is 15.6. The van der Waals surface area contributed by atoms with Gasteiger partial charge in [0.15, 0.2) is 0 Å². The van der Waals surface area contributed by atoms with Crippen LogP contribution < -0.4 is 22.3 Å². The van der Waals surface area contributed by atoms with Gasteiger partial charge < -0.3 is 36.7 Å². The molecule has 0 aromatic rings. The molecular formula is C14H32N4O4. The number of carbonyl (C=O) groups is 2. The van der Waals surface area contributed by atoms with Crippen LogP contribution in [0.5, 0.6) is 0 Å². The van der Waals surface area contributed by atoms with Crippen molar-refractivity contribution in [1.29, 1.82) is 0 Å². The van der Waals surface area contributed by atoms with Crippen LogP contribution in [0.1, 0.15) is 32.1 Å². The standard InChI is InChI=1S/C9H20N2O2.C5H12N2O2/c1-11(2,3)7-5-4-6-8(10)9(12)13;6-3-1-2-4(7)5(8)9/h8H,4-7,10H2,1-3H3;4H,1-3,6-7H2,(H,8,9)/t8-;4-/m00/s1. The van der Waals surface area contributed by atoms with E-state index in [4.69, 9.17) is 22.3 Å².